The van der Waals surface area contributed by atoms with Crippen LogP contribution in [0.25, 0.3) is 0 Å². The summed E-state index contributed by atoms with van der Waals surface area (Å²) in [7, 11) is 1.43. The summed E-state index contributed by atoms with van der Waals surface area (Å²) in [5.74, 6) is -0.284. The van der Waals surface area contributed by atoms with Gasteiger partial charge in [0.25, 0.3) is 5.91 Å². The molecule has 14 heavy (non-hydrogen) atoms. The van der Waals surface area contributed by atoms with Crippen LogP contribution in [-0.2, 0) is 9.53 Å². The Bertz CT molecular complexity index is 177. The maximum absolute atomic E-state index is 11.5. The van der Waals surface area contributed by atoms with Crippen LogP contribution in [0.5, 0.6) is 0 Å². The van der Waals surface area contributed by atoms with Crippen LogP contribution in [0.2, 0.25) is 0 Å². The van der Waals surface area contributed by atoms with Crippen molar-refractivity contribution in [2.75, 3.05) is 20.3 Å². The van der Waals surface area contributed by atoms with E-state index in [4.69, 9.17) is 15.6 Å². The van der Waals surface area contributed by atoms with E-state index in [9.17, 15) is 4.79 Å². The minimum atomic E-state index is -0.646. The normalized spacial score (nSPS) is 17.2. The number of methoxy groups -OCH3 is 1. The first-order chi connectivity index (χ1) is 6.52. The van der Waals surface area contributed by atoms with Crippen LogP contribution in [0.4, 0.5) is 0 Å². The molecule has 5 heteroatoms. The zero-order valence-corrected chi connectivity index (χ0v) is 9.04. The average Bonchev–Trinajstić information content (AvgIpc) is 2.19. The van der Waals surface area contributed by atoms with Crippen molar-refractivity contribution in [3.05, 3.63) is 0 Å². The van der Waals surface area contributed by atoms with Crippen LogP contribution in [0.1, 0.15) is 20.3 Å². The first-order valence-electron chi connectivity index (χ1n) is 4.68. The van der Waals surface area contributed by atoms with E-state index in [1.54, 1.807) is 6.92 Å². The van der Waals surface area contributed by atoms with Crippen LogP contribution < -0.4 is 11.1 Å². The van der Waals surface area contributed by atoms with E-state index in [-0.39, 0.29) is 19.1 Å². The van der Waals surface area contributed by atoms with Crippen molar-refractivity contribution < 1.29 is 14.6 Å². The molecule has 0 aliphatic carbocycles. The number of amides is 1. The molecule has 0 aliphatic heterocycles. The molecule has 0 spiro atoms. The highest BCUT2D eigenvalue weighted by atomic mass is 16.5. The van der Waals surface area contributed by atoms with E-state index >= 15 is 0 Å². The third kappa shape index (κ3) is 3.61. The van der Waals surface area contributed by atoms with E-state index in [2.05, 4.69) is 5.32 Å². The van der Waals surface area contributed by atoms with Crippen molar-refractivity contribution >= 4 is 5.91 Å². The minimum absolute atomic E-state index is 0.101. The molecule has 0 saturated carbocycles. The Labute approximate surface area is 84.6 Å². The van der Waals surface area contributed by atoms with Gasteiger partial charge in [0.2, 0.25) is 0 Å². The molecule has 1 amide bonds. The third-order valence-electron chi connectivity index (χ3n) is 2.35. The van der Waals surface area contributed by atoms with Gasteiger partial charge < -0.3 is 20.9 Å². The zero-order chi connectivity index (χ0) is 11.2. The van der Waals surface area contributed by atoms with E-state index in [0.29, 0.717) is 6.42 Å². The number of carbonyl (C=O) groups excluding carboxylic acids is 1. The molecule has 0 aliphatic rings. The lowest BCUT2D eigenvalue weighted by atomic mass is 10.00. The van der Waals surface area contributed by atoms with Gasteiger partial charge in [0.05, 0.1) is 12.1 Å². The Kier molecular flexibility index (Phi) is 5.68. The summed E-state index contributed by atoms with van der Waals surface area (Å²) < 4.78 is 4.88. The van der Waals surface area contributed by atoms with Gasteiger partial charge in [-0.3, -0.25) is 4.79 Å². The number of aliphatic hydroxyl groups excluding tert-OH is 1. The molecule has 2 unspecified atom stereocenters. The Morgan fingerprint density at radius 1 is 1.71 bits per heavy atom. The maximum atomic E-state index is 11.5. The van der Waals surface area contributed by atoms with Crippen LogP contribution >= 0.6 is 0 Å². The summed E-state index contributed by atoms with van der Waals surface area (Å²) in [6.07, 6.45) is 0.00315. The summed E-state index contributed by atoms with van der Waals surface area (Å²) in [6.45, 7) is 3.69. The van der Waals surface area contributed by atoms with Gasteiger partial charge in [-0.15, -0.1) is 0 Å². The molecule has 0 bridgehead atoms. The quantitative estimate of drug-likeness (QED) is 0.531. The molecule has 4 N–H and O–H groups in total. The minimum Gasteiger partial charge on any atom is -0.394 e. The zero-order valence-electron chi connectivity index (χ0n) is 9.04. The van der Waals surface area contributed by atoms with Gasteiger partial charge in [-0.05, 0) is 13.3 Å². The SMILES string of the molecule is CCC(C)(CO)NC(=O)C(CN)OC. The monoisotopic (exact) mass is 204 g/mol. The summed E-state index contributed by atoms with van der Waals surface area (Å²) in [5, 5.41) is 11.8. The predicted molar refractivity (Wildman–Crippen MR) is 53.8 cm³/mol. The highest BCUT2D eigenvalue weighted by Gasteiger charge is 2.26. The predicted octanol–water partition coefficient (Wildman–Crippen LogP) is -0.763. The van der Waals surface area contributed by atoms with Crippen LogP contribution in [0.3, 0.4) is 0 Å². The van der Waals surface area contributed by atoms with Crippen molar-refractivity contribution in [3.8, 4) is 0 Å². The summed E-state index contributed by atoms with van der Waals surface area (Å²) in [4.78, 5) is 11.5. The molecule has 0 heterocycles. The van der Waals surface area contributed by atoms with Gasteiger partial charge >= 0.3 is 0 Å². The topological polar surface area (TPSA) is 84.6 Å². The second-order valence-electron chi connectivity index (χ2n) is 3.52. The van der Waals surface area contributed by atoms with Gasteiger partial charge in [0, 0.05) is 13.7 Å². The number of hydrogen-bond donors (Lipinski definition) is 3. The van der Waals surface area contributed by atoms with Gasteiger partial charge in [-0.1, -0.05) is 6.92 Å². The number of rotatable bonds is 6. The summed E-state index contributed by atoms with van der Waals surface area (Å²) >= 11 is 0. The molecule has 0 rings (SSSR count). The van der Waals surface area contributed by atoms with Gasteiger partial charge in [-0.25, -0.2) is 0 Å². The van der Waals surface area contributed by atoms with E-state index in [1.807, 2.05) is 6.92 Å². The fraction of sp³-hybridized carbons (Fsp3) is 0.889. The summed E-state index contributed by atoms with van der Waals surface area (Å²) in [6, 6.07) is 0. The second kappa shape index (κ2) is 5.95. The molecular formula is C9H20N2O3. The van der Waals surface area contributed by atoms with Gasteiger partial charge in [-0.2, -0.15) is 0 Å². The fourth-order valence-corrected chi connectivity index (χ4v) is 0.928. The Morgan fingerprint density at radius 2 is 2.29 bits per heavy atom. The molecular weight excluding hydrogens is 184 g/mol. The lowest BCUT2D eigenvalue weighted by Gasteiger charge is -2.28. The van der Waals surface area contributed by atoms with Crippen LogP contribution in [-0.4, -0.2) is 42.9 Å². The number of hydrogen-bond acceptors (Lipinski definition) is 4. The summed E-state index contributed by atoms with van der Waals surface area (Å²) in [5.41, 5.74) is 4.74. The van der Waals surface area contributed by atoms with Crippen molar-refractivity contribution in [3.63, 3.8) is 0 Å². The van der Waals surface area contributed by atoms with Crippen molar-refractivity contribution in [1.82, 2.24) is 5.32 Å². The number of ether oxygens (including phenoxy) is 1. The van der Waals surface area contributed by atoms with Crippen molar-refractivity contribution in [2.45, 2.75) is 31.9 Å². The first kappa shape index (κ1) is 13.4. The molecule has 2 atom stereocenters. The molecule has 0 aromatic rings. The molecule has 0 radical (unpaired) electrons. The van der Waals surface area contributed by atoms with Crippen molar-refractivity contribution in [2.24, 2.45) is 5.73 Å². The van der Waals surface area contributed by atoms with E-state index in [1.165, 1.54) is 7.11 Å². The standard InChI is InChI=1S/C9H20N2O3/c1-4-9(2,6-12)11-8(13)7(5-10)14-3/h7,12H,4-6,10H2,1-3H3,(H,11,13). The lowest BCUT2D eigenvalue weighted by Crippen LogP contribution is -2.53. The van der Waals surface area contributed by atoms with Crippen molar-refractivity contribution in [1.29, 1.82) is 0 Å². The molecule has 0 fully saturated rings. The number of carbonyl (C=O) groups is 1. The third-order valence-corrected chi connectivity index (χ3v) is 2.35. The van der Waals surface area contributed by atoms with Crippen LogP contribution in [0.15, 0.2) is 0 Å². The van der Waals surface area contributed by atoms with E-state index in [0.717, 1.165) is 0 Å². The average molecular weight is 204 g/mol. The maximum Gasteiger partial charge on any atom is 0.250 e. The van der Waals surface area contributed by atoms with Crippen LogP contribution in [0, 0.1) is 0 Å². The number of nitrogens with two attached hydrogens (primary N) is 1. The molecule has 5 nitrogen and oxygen atoms in total. The number of nitrogens with one attached hydrogen (secondary N) is 1. The first-order valence-corrected chi connectivity index (χ1v) is 4.68. The highest BCUT2D eigenvalue weighted by molar-refractivity contribution is 5.81. The molecule has 0 aromatic heterocycles. The Hall–Kier alpha value is -0.650. The molecule has 84 valence electrons. The highest BCUT2D eigenvalue weighted by Crippen LogP contribution is 2.08. The fourth-order valence-electron chi connectivity index (χ4n) is 0.928. The molecule has 0 saturated heterocycles. The smallest absolute Gasteiger partial charge is 0.250 e. The van der Waals surface area contributed by atoms with E-state index < -0.39 is 11.6 Å². The van der Waals surface area contributed by atoms with Gasteiger partial charge in [0.15, 0.2) is 0 Å². The second-order valence-corrected chi connectivity index (χ2v) is 3.52. The number of aliphatic hydroxyl groups is 1. The Balaban J connectivity index is 4.28. The van der Waals surface area contributed by atoms with Gasteiger partial charge in [0.1, 0.15) is 6.10 Å². The lowest BCUT2D eigenvalue weighted by molar-refractivity contribution is -0.132. The molecule has 0 aromatic carbocycles. The Morgan fingerprint density at radius 3 is 2.57 bits per heavy atom. The largest absolute Gasteiger partial charge is 0.394 e.